The lowest BCUT2D eigenvalue weighted by atomic mass is 10.1. The molecule has 34 heavy (non-hydrogen) atoms. The highest BCUT2D eigenvalue weighted by Gasteiger charge is 2.35. The molecule has 2 aromatic carbocycles. The predicted molar refractivity (Wildman–Crippen MR) is 130 cm³/mol. The predicted octanol–water partition coefficient (Wildman–Crippen LogP) is 2.03. The zero-order valence-corrected chi connectivity index (χ0v) is 19.7. The number of hydrogen-bond donors (Lipinski definition) is 1. The van der Waals surface area contributed by atoms with Crippen LogP contribution in [0, 0.1) is 5.92 Å². The Labute approximate surface area is 204 Å². The van der Waals surface area contributed by atoms with Gasteiger partial charge in [0.1, 0.15) is 5.75 Å². The van der Waals surface area contributed by atoms with Crippen molar-refractivity contribution < 1.29 is 19.1 Å². The van der Waals surface area contributed by atoms with Gasteiger partial charge in [-0.3, -0.25) is 19.3 Å². The second-order valence-corrected chi connectivity index (χ2v) is 8.93. The maximum absolute atomic E-state index is 12.6. The van der Waals surface area contributed by atoms with E-state index >= 15 is 0 Å². The van der Waals surface area contributed by atoms with Crippen LogP contribution in [0.1, 0.15) is 6.42 Å². The monoisotopic (exact) mass is 484 g/mol. The van der Waals surface area contributed by atoms with Crippen molar-refractivity contribution in [3.05, 3.63) is 59.6 Å². The van der Waals surface area contributed by atoms with Crippen molar-refractivity contribution >= 4 is 35.0 Å². The first-order valence-corrected chi connectivity index (χ1v) is 11.9. The van der Waals surface area contributed by atoms with Crippen LogP contribution in [0.2, 0.25) is 5.02 Å². The van der Waals surface area contributed by atoms with E-state index in [2.05, 4.69) is 10.2 Å². The smallest absolute Gasteiger partial charge is 0.260 e. The summed E-state index contributed by atoms with van der Waals surface area (Å²) in [6, 6.07) is 16.4. The van der Waals surface area contributed by atoms with Gasteiger partial charge >= 0.3 is 0 Å². The van der Waals surface area contributed by atoms with Crippen LogP contribution in [0.5, 0.6) is 5.75 Å². The lowest BCUT2D eigenvalue weighted by Gasteiger charge is -2.34. The number of carbonyl (C=O) groups is 3. The molecule has 8 nitrogen and oxygen atoms in total. The first-order chi connectivity index (χ1) is 16.5. The van der Waals surface area contributed by atoms with Gasteiger partial charge in [-0.1, -0.05) is 29.8 Å². The van der Waals surface area contributed by atoms with Crippen LogP contribution in [0.25, 0.3) is 0 Å². The SMILES string of the molecule is O=C(NCCN1CCN(C(=O)COc2ccc(Cl)cc2)CC1)C1CC(=O)N(c2ccccc2)C1. The van der Waals surface area contributed by atoms with E-state index in [4.69, 9.17) is 16.3 Å². The molecule has 2 heterocycles. The lowest BCUT2D eigenvalue weighted by molar-refractivity contribution is -0.135. The van der Waals surface area contributed by atoms with Crippen LogP contribution in [0.4, 0.5) is 5.69 Å². The molecule has 0 spiro atoms. The van der Waals surface area contributed by atoms with E-state index in [1.807, 2.05) is 30.3 Å². The number of piperazine rings is 1. The number of amides is 3. The van der Waals surface area contributed by atoms with Crippen molar-refractivity contribution in [1.29, 1.82) is 0 Å². The molecule has 2 aromatic rings. The number of hydrogen-bond acceptors (Lipinski definition) is 5. The highest BCUT2D eigenvalue weighted by molar-refractivity contribution is 6.30. The molecule has 2 saturated heterocycles. The van der Waals surface area contributed by atoms with E-state index in [0.29, 0.717) is 43.5 Å². The maximum Gasteiger partial charge on any atom is 0.260 e. The highest BCUT2D eigenvalue weighted by Crippen LogP contribution is 2.24. The Morgan fingerprint density at radius 1 is 1.00 bits per heavy atom. The van der Waals surface area contributed by atoms with Crippen molar-refractivity contribution in [3.8, 4) is 5.75 Å². The van der Waals surface area contributed by atoms with Crippen molar-refractivity contribution in [3.63, 3.8) is 0 Å². The third kappa shape index (κ3) is 6.27. The summed E-state index contributed by atoms with van der Waals surface area (Å²) in [5.41, 5.74) is 0.828. The van der Waals surface area contributed by atoms with Crippen molar-refractivity contribution in [2.75, 3.05) is 57.3 Å². The molecular weight excluding hydrogens is 456 g/mol. The van der Waals surface area contributed by atoms with E-state index in [1.165, 1.54) is 0 Å². The average molecular weight is 485 g/mol. The quantitative estimate of drug-likeness (QED) is 0.620. The normalized spacial score (nSPS) is 18.7. The number of carbonyl (C=O) groups excluding carboxylic acids is 3. The molecule has 180 valence electrons. The number of halogens is 1. The summed E-state index contributed by atoms with van der Waals surface area (Å²) in [5, 5.41) is 3.59. The maximum atomic E-state index is 12.6. The minimum absolute atomic E-state index is 0.00218. The topological polar surface area (TPSA) is 82.2 Å². The van der Waals surface area contributed by atoms with Gasteiger partial charge in [-0.15, -0.1) is 0 Å². The number of nitrogens with zero attached hydrogens (tertiary/aromatic N) is 3. The van der Waals surface area contributed by atoms with E-state index in [1.54, 1.807) is 34.1 Å². The van der Waals surface area contributed by atoms with Gasteiger partial charge in [-0.05, 0) is 36.4 Å². The molecule has 1 unspecified atom stereocenters. The molecule has 2 aliphatic heterocycles. The third-order valence-electron chi connectivity index (χ3n) is 6.19. The van der Waals surface area contributed by atoms with Crippen LogP contribution < -0.4 is 15.0 Å². The highest BCUT2D eigenvalue weighted by atomic mass is 35.5. The summed E-state index contributed by atoms with van der Waals surface area (Å²) in [5.74, 6) is 0.134. The van der Waals surface area contributed by atoms with E-state index < -0.39 is 0 Å². The number of para-hydroxylation sites is 1. The van der Waals surface area contributed by atoms with Crippen molar-refractivity contribution in [1.82, 2.24) is 15.1 Å². The molecule has 1 N–H and O–H groups in total. The number of rotatable bonds is 8. The zero-order valence-electron chi connectivity index (χ0n) is 19.0. The van der Waals surface area contributed by atoms with Gasteiger partial charge in [0, 0.05) is 62.9 Å². The Balaban J connectivity index is 1.13. The van der Waals surface area contributed by atoms with Crippen LogP contribution in [0.15, 0.2) is 54.6 Å². The Morgan fingerprint density at radius 2 is 1.71 bits per heavy atom. The molecule has 3 amide bonds. The van der Waals surface area contributed by atoms with E-state index in [0.717, 1.165) is 18.8 Å². The standard InChI is InChI=1S/C25H29ClN4O4/c26-20-6-8-22(9-7-20)34-18-24(32)29-14-12-28(13-15-29)11-10-27-25(33)19-16-23(31)30(17-19)21-4-2-1-3-5-21/h1-9,19H,10-18H2,(H,27,33). The molecule has 0 aromatic heterocycles. The molecule has 0 bridgehead atoms. The fraction of sp³-hybridized carbons (Fsp3) is 0.400. The Morgan fingerprint density at radius 3 is 2.41 bits per heavy atom. The fourth-order valence-electron chi connectivity index (χ4n) is 4.21. The lowest BCUT2D eigenvalue weighted by Crippen LogP contribution is -2.51. The van der Waals surface area contributed by atoms with Gasteiger partial charge in [-0.25, -0.2) is 0 Å². The summed E-state index contributed by atoms with van der Waals surface area (Å²) < 4.78 is 5.55. The first-order valence-electron chi connectivity index (χ1n) is 11.5. The molecule has 2 aliphatic rings. The average Bonchev–Trinajstić information content (AvgIpc) is 3.26. The van der Waals surface area contributed by atoms with Crippen LogP contribution >= 0.6 is 11.6 Å². The first kappa shape index (κ1) is 24.0. The van der Waals surface area contributed by atoms with Crippen LogP contribution in [-0.2, 0) is 14.4 Å². The second kappa shape index (κ2) is 11.4. The molecule has 9 heteroatoms. The number of anilines is 1. The van der Waals surface area contributed by atoms with E-state index in [-0.39, 0.29) is 36.7 Å². The zero-order chi connectivity index (χ0) is 23.9. The minimum atomic E-state index is -0.331. The fourth-order valence-corrected chi connectivity index (χ4v) is 4.34. The summed E-state index contributed by atoms with van der Waals surface area (Å²) >= 11 is 5.86. The molecule has 1 atom stereocenters. The van der Waals surface area contributed by atoms with Crippen molar-refractivity contribution in [2.24, 2.45) is 5.92 Å². The summed E-state index contributed by atoms with van der Waals surface area (Å²) in [6.45, 7) is 4.37. The largest absolute Gasteiger partial charge is 0.484 e. The molecule has 0 aliphatic carbocycles. The Bertz CT molecular complexity index is 994. The van der Waals surface area contributed by atoms with Gasteiger partial charge in [0.15, 0.2) is 6.61 Å². The molecular formula is C25H29ClN4O4. The number of benzene rings is 2. The Kier molecular flexibility index (Phi) is 8.03. The van der Waals surface area contributed by atoms with E-state index in [9.17, 15) is 14.4 Å². The van der Waals surface area contributed by atoms with Crippen LogP contribution in [0.3, 0.4) is 0 Å². The summed E-state index contributed by atoms with van der Waals surface area (Å²) in [4.78, 5) is 43.0. The minimum Gasteiger partial charge on any atom is -0.484 e. The molecule has 0 saturated carbocycles. The van der Waals surface area contributed by atoms with Gasteiger partial charge in [0.2, 0.25) is 11.8 Å². The number of nitrogens with one attached hydrogen (secondary N) is 1. The Hall–Kier alpha value is -3.10. The third-order valence-corrected chi connectivity index (χ3v) is 6.44. The van der Waals surface area contributed by atoms with Gasteiger partial charge in [0.05, 0.1) is 5.92 Å². The van der Waals surface area contributed by atoms with Crippen LogP contribution in [-0.4, -0.2) is 79.9 Å². The van der Waals surface area contributed by atoms with Gasteiger partial charge < -0.3 is 19.9 Å². The van der Waals surface area contributed by atoms with Gasteiger partial charge in [-0.2, -0.15) is 0 Å². The summed E-state index contributed by atoms with van der Waals surface area (Å²) in [6.07, 6.45) is 0.236. The van der Waals surface area contributed by atoms with Gasteiger partial charge in [0.25, 0.3) is 5.91 Å². The number of ether oxygens (including phenoxy) is 1. The molecule has 2 fully saturated rings. The summed E-state index contributed by atoms with van der Waals surface area (Å²) in [7, 11) is 0. The second-order valence-electron chi connectivity index (χ2n) is 8.50. The molecule has 0 radical (unpaired) electrons. The molecule has 4 rings (SSSR count). The van der Waals surface area contributed by atoms with Crippen molar-refractivity contribution in [2.45, 2.75) is 6.42 Å².